The fourth-order valence-electron chi connectivity index (χ4n) is 12.6. The normalized spacial score (nSPS) is 13.8. The summed E-state index contributed by atoms with van der Waals surface area (Å²) < 4.78 is 68.7. The first-order valence-electron chi connectivity index (χ1n) is 42.1. The predicted molar refractivity (Wildman–Crippen MR) is 409 cm³/mol. The Morgan fingerprint density at radius 2 is 0.460 bits per heavy atom. The van der Waals surface area contributed by atoms with Crippen LogP contribution in [0, 0.1) is 5.92 Å². The number of aliphatic hydroxyl groups excluding tert-OH is 1. The topological polar surface area (TPSA) is 237 Å². The number of hydrogen-bond donors (Lipinski definition) is 3. The second-order valence-electron chi connectivity index (χ2n) is 29.6. The van der Waals surface area contributed by atoms with E-state index in [1.807, 2.05) is 0 Å². The van der Waals surface area contributed by atoms with E-state index in [2.05, 4.69) is 34.6 Å². The fraction of sp³-hybridized carbons (Fsp3) is 0.951. The Morgan fingerprint density at radius 3 is 0.680 bits per heavy atom. The van der Waals surface area contributed by atoms with Gasteiger partial charge in [-0.1, -0.05) is 381 Å². The van der Waals surface area contributed by atoms with Gasteiger partial charge in [0.1, 0.15) is 19.3 Å². The Kier molecular flexibility index (Phi) is 72.5. The van der Waals surface area contributed by atoms with E-state index in [-0.39, 0.29) is 25.7 Å². The number of phosphoric acid groups is 2. The maximum atomic E-state index is 13.1. The zero-order chi connectivity index (χ0) is 73.4. The van der Waals surface area contributed by atoms with Crippen molar-refractivity contribution in [3.63, 3.8) is 0 Å². The van der Waals surface area contributed by atoms with Gasteiger partial charge in [-0.25, -0.2) is 9.13 Å². The third-order valence-electron chi connectivity index (χ3n) is 19.0. The Hall–Kier alpha value is -1.94. The predicted octanol–water partition coefficient (Wildman–Crippen LogP) is 24.4. The molecule has 0 rings (SSSR count). The zero-order valence-electron chi connectivity index (χ0n) is 65.3. The number of rotatable bonds is 81. The first kappa shape index (κ1) is 98.1. The highest BCUT2D eigenvalue weighted by Gasteiger charge is 2.30. The van der Waals surface area contributed by atoms with E-state index in [0.29, 0.717) is 31.6 Å². The van der Waals surface area contributed by atoms with Gasteiger partial charge in [-0.3, -0.25) is 37.3 Å². The van der Waals surface area contributed by atoms with Gasteiger partial charge in [-0.2, -0.15) is 0 Å². The monoisotopic (exact) mass is 1470 g/mol. The lowest BCUT2D eigenvalue weighted by Gasteiger charge is -2.21. The number of phosphoric ester groups is 2. The molecule has 0 spiro atoms. The van der Waals surface area contributed by atoms with Crippen LogP contribution in [0.2, 0.25) is 0 Å². The van der Waals surface area contributed by atoms with Gasteiger partial charge >= 0.3 is 39.5 Å². The summed E-state index contributed by atoms with van der Waals surface area (Å²) in [6.45, 7) is 7.25. The van der Waals surface area contributed by atoms with Gasteiger partial charge in [0.2, 0.25) is 0 Å². The van der Waals surface area contributed by atoms with Crippen LogP contribution < -0.4 is 0 Å². The molecule has 0 aliphatic rings. The Labute approximate surface area is 613 Å². The quantitative estimate of drug-likeness (QED) is 0.0222. The van der Waals surface area contributed by atoms with E-state index < -0.39 is 97.5 Å². The SMILES string of the molecule is CCCCCCCCCCCCCCCCCCCCCCCC(=O)O[C@H](COC(=O)CCCCCCCCCCCCCCCCC)COP(=O)(O)OC[C@@H](O)COP(=O)(O)OC[C@@H](COC(=O)CCCCCCCCC(C)C)OC(=O)CCCCCCCCCCCCCCCCC. The molecule has 0 fully saturated rings. The number of carbonyl (C=O) groups is 4. The van der Waals surface area contributed by atoms with Crippen LogP contribution in [0.25, 0.3) is 0 Å². The number of hydrogen-bond acceptors (Lipinski definition) is 15. The number of unbranched alkanes of at least 4 members (excludes halogenated alkanes) is 53. The van der Waals surface area contributed by atoms with Crippen molar-refractivity contribution in [2.45, 2.75) is 451 Å². The molecular weight excluding hydrogens is 1310 g/mol. The van der Waals surface area contributed by atoms with Crippen molar-refractivity contribution in [2.75, 3.05) is 39.6 Å². The highest BCUT2D eigenvalue weighted by Crippen LogP contribution is 2.45. The summed E-state index contributed by atoms with van der Waals surface area (Å²) in [7, 11) is -9.92. The maximum Gasteiger partial charge on any atom is 0.472 e. The number of carbonyl (C=O) groups excluding carboxylic acids is 4. The van der Waals surface area contributed by atoms with Crippen LogP contribution in [0.1, 0.15) is 433 Å². The number of aliphatic hydroxyl groups is 1. The number of ether oxygens (including phenoxy) is 4. The lowest BCUT2D eigenvalue weighted by molar-refractivity contribution is -0.161. The molecular formula is C81H158O17P2. The molecule has 594 valence electrons. The van der Waals surface area contributed by atoms with Gasteiger partial charge in [-0.15, -0.1) is 0 Å². The molecule has 0 heterocycles. The van der Waals surface area contributed by atoms with Crippen molar-refractivity contribution in [3.05, 3.63) is 0 Å². The minimum atomic E-state index is -4.96. The molecule has 0 radical (unpaired) electrons. The summed E-state index contributed by atoms with van der Waals surface area (Å²) in [6, 6.07) is 0. The van der Waals surface area contributed by atoms with Gasteiger partial charge in [0.05, 0.1) is 26.4 Å². The van der Waals surface area contributed by atoms with E-state index in [9.17, 15) is 43.2 Å². The van der Waals surface area contributed by atoms with Gasteiger partial charge in [0.25, 0.3) is 0 Å². The average Bonchev–Trinajstić information content (AvgIpc) is 0.922. The van der Waals surface area contributed by atoms with Gasteiger partial charge in [-0.05, 0) is 31.6 Å². The van der Waals surface area contributed by atoms with Crippen LogP contribution >= 0.6 is 15.6 Å². The second-order valence-corrected chi connectivity index (χ2v) is 32.5. The van der Waals surface area contributed by atoms with Crippen LogP contribution in [-0.4, -0.2) is 96.7 Å². The molecule has 100 heavy (non-hydrogen) atoms. The van der Waals surface area contributed by atoms with Crippen molar-refractivity contribution in [2.24, 2.45) is 5.92 Å². The molecule has 17 nitrogen and oxygen atoms in total. The van der Waals surface area contributed by atoms with Crippen LogP contribution in [-0.2, 0) is 65.4 Å². The Morgan fingerprint density at radius 1 is 0.270 bits per heavy atom. The first-order chi connectivity index (χ1) is 48.5. The Bertz CT molecular complexity index is 1910. The molecule has 0 aliphatic carbocycles. The molecule has 0 aromatic heterocycles. The summed E-state index contributed by atoms with van der Waals surface area (Å²) in [4.78, 5) is 73.0. The molecule has 0 saturated heterocycles. The molecule has 0 aromatic carbocycles. The van der Waals surface area contributed by atoms with Crippen molar-refractivity contribution >= 4 is 39.5 Å². The summed E-state index contributed by atoms with van der Waals surface area (Å²) in [5, 5.41) is 10.6. The molecule has 5 atom stereocenters. The van der Waals surface area contributed by atoms with Gasteiger partial charge < -0.3 is 33.8 Å². The number of esters is 4. The zero-order valence-corrected chi connectivity index (χ0v) is 67.1. The van der Waals surface area contributed by atoms with Crippen LogP contribution in [0.5, 0.6) is 0 Å². The molecule has 0 saturated carbocycles. The summed E-state index contributed by atoms with van der Waals surface area (Å²) in [5.41, 5.74) is 0. The average molecular weight is 1470 g/mol. The smallest absolute Gasteiger partial charge is 0.462 e. The van der Waals surface area contributed by atoms with E-state index >= 15 is 0 Å². The molecule has 19 heteroatoms. The minimum absolute atomic E-state index is 0.107. The Balaban J connectivity index is 5.20. The van der Waals surface area contributed by atoms with Crippen molar-refractivity contribution < 1.29 is 80.2 Å². The van der Waals surface area contributed by atoms with E-state index in [1.165, 1.54) is 250 Å². The third-order valence-corrected chi connectivity index (χ3v) is 20.9. The molecule has 0 aromatic rings. The lowest BCUT2D eigenvalue weighted by Crippen LogP contribution is -2.30. The highest BCUT2D eigenvalue weighted by atomic mass is 31.2. The van der Waals surface area contributed by atoms with Crippen molar-refractivity contribution in [1.82, 2.24) is 0 Å². The van der Waals surface area contributed by atoms with Crippen molar-refractivity contribution in [3.8, 4) is 0 Å². The van der Waals surface area contributed by atoms with E-state index in [1.54, 1.807) is 0 Å². The van der Waals surface area contributed by atoms with E-state index in [4.69, 9.17) is 37.0 Å². The molecule has 0 bridgehead atoms. The summed E-state index contributed by atoms with van der Waals surface area (Å²) in [5.74, 6) is -1.43. The second kappa shape index (κ2) is 73.9. The fourth-order valence-corrected chi connectivity index (χ4v) is 14.2. The van der Waals surface area contributed by atoms with Crippen LogP contribution in [0.3, 0.4) is 0 Å². The van der Waals surface area contributed by atoms with Crippen molar-refractivity contribution in [1.29, 1.82) is 0 Å². The minimum Gasteiger partial charge on any atom is -0.462 e. The third kappa shape index (κ3) is 74.3. The van der Waals surface area contributed by atoms with E-state index in [0.717, 1.165) is 96.3 Å². The molecule has 0 aliphatic heterocycles. The first-order valence-corrected chi connectivity index (χ1v) is 45.1. The van der Waals surface area contributed by atoms with Gasteiger partial charge in [0.15, 0.2) is 12.2 Å². The van der Waals surface area contributed by atoms with Gasteiger partial charge in [0, 0.05) is 25.7 Å². The maximum absolute atomic E-state index is 13.1. The molecule has 3 N–H and O–H groups in total. The summed E-state index contributed by atoms with van der Waals surface area (Å²) in [6.07, 6.45) is 65.4. The largest absolute Gasteiger partial charge is 0.472 e. The highest BCUT2D eigenvalue weighted by molar-refractivity contribution is 7.47. The molecule has 2 unspecified atom stereocenters. The summed E-state index contributed by atoms with van der Waals surface area (Å²) >= 11 is 0. The standard InChI is InChI=1S/C81H158O17P2/c1-6-9-12-15-18-21-24-27-30-31-32-33-34-35-38-41-44-47-50-57-62-66-80(85)97-76(70-91-78(83)64-59-54-48-45-42-39-36-28-25-22-19-16-13-10-7-2)72-95-99(87,88)93-68-75(82)69-94-100(89,90)96-73-77(71-92-79(84)65-60-55-52-51-53-58-63-74(4)5)98-81(86)67-61-56-49-46-43-40-37-29-26-23-20-17-14-11-8-3/h74-77,82H,6-73H2,1-5H3,(H,87,88)(H,89,90)/t75-,76-,77-/m1/s1. The van der Waals surface area contributed by atoms with Crippen LogP contribution in [0.4, 0.5) is 0 Å². The molecule has 0 amide bonds. The lowest BCUT2D eigenvalue weighted by atomic mass is 10.0. The van der Waals surface area contributed by atoms with Crippen LogP contribution in [0.15, 0.2) is 0 Å².